The molecule has 1 unspecified atom stereocenters. The van der Waals surface area contributed by atoms with Crippen molar-refractivity contribution in [2.45, 2.75) is 23.3 Å². The van der Waals surface area contributed by atoms with E-state index in [0.29, 0.717) is 13.0 Å². The van der Waals surface area contributed by atoms with Crippen LogP contribution in [0.3, 0.4) is 0 Å². The molecule has 13 heavy (non-hydrogen) atoms. The number of hydrogen-bond acceptors (Lipinski definition) is 6. The maximum absolute atomic E-state index is 9.58. The number of thioether (sulfide) groups is 1. The average molecular weight is 219 g/mol. The number of rotatable bonds is 5. The van der Waals surface area contributed by atoms with Gasteiger partial charge in [-0.25, -0.2) is 0 Å². The summed E-state index contributed by atoms with van der Waals surface area (Å²) in [6.07, 6.45) is 0.674. The van der Waals surface area contributed by atoms with Gasteiger partial charge in [0.1, 0.15) is 5.51 Å². The summed E-state index contributed by atoms with van der Waals surface area (Å²) in [7, 11) is 0. The molecule has 0 bridgehead atoms. The van der Waals surface area contributed by atoms with Crippen LogP contribution in [0.15, 0.2) is 9.85 Å². The van der Waals surface area contributed by atoms with Crippen LogP contribution in [0, 0.1) is 0 Å². The summed E-state index contributed by atoms with van der Waals surface area (Å²) in [4.78, 5) is 0. The Morgan fingerprint density at radius 3 is 3.08 bits per heavy atom. The van der Waals surface area contributed by atoms with Gasteiger partial charge >= 0.3 is 0 Å². The molecular formula is C7H13N3OS2. The molecule has 0 aliphatic heterocycles. The maximum Gasteiger partial charge on any atom is 0.174 e. The van der Waals surface area contributed by atoms with Crippen LogP contribution in [0.1, 0.15) is 13.3 Å². The third kappa shape index (κ3) is 4.04. The van der Waals surface area contributed by atoms with Crippen molar-refractivity contribution < 1.29 is 5.11 Å². The molecule has 0 aromatic carbocycles. The standard InChI is InChI=1S/C7H13N3OS2/c1-7(11,4-8)2-3-12-6-10-9-5-13-6/h5,11H,2-4,8H2,1H3. The minimum Gasteiger partial charge on any atom is -0.389 e. The maximum atomic E-state index is 9.58. The van der Waals surface area contributed by atoms with Crippen LogP contribution >= 0.6 is 23.1 Å². The Balaban J connectivity index is 2.21. The smallest absolute Gasteiger partial charge is 0.174 e. The van der Waals surface area contributed by atoms with E-state index in [4.69, 9.17) is 5.73 Å². The molecule has 74 valence electrons. The summed E-state index contributed by atoms with van der Waals surface area (Å²) in [5.74, 6) is 0.819. The number of aliphatic hydroxyl groups is 1. The molecular weight excluding hydrogens is 206 g/mol. The van der Waals surface area contributed by atoms with Gasteiger partial charge in [-0.05, 0) is 13.3 Å². The highest BCUT2D eigenvalue weighted by molar-refractivity contribution is 8.00. The van der Waals surface area contributed by atoms with Crippen molar-refractivity contribution in [1.82, 2.24) is 10.2 Å². The number of nitrogens with two attached hydrogens (primary N) is 1. The molecule has 0 amide bonds. The molecule has 0 aliphatic carbocycles. The summed E-state index contributed by atoms with van der Waals surface area (Å²) in [6.45, 7) is 2.04. The van der Waals surface area contributed by atoms with E-state index in [0.717, 1.165) is 10.1 Å². The van der Waals surface area contributed by atoms with Crippen molar-refractivity contribution in [2.24, 2.45) is 5.73 Å². The largest absolute Gasteiger partial charge is 0.389 e. The Morgan fingerprint density at radius 2 is 2.54 bits per heavy atom. The van der Waals surface area contributed by atoms with Crippen LogP contribution in [-0.4, -0.2) is 33.2 Å². The van der Waals surface area contributed by atoms with Crippen molar-refractivity contribution in [2.75, 3.05) is 12.3 Å². The van der Waals surface area contributed by atoms with E-state index in [1.54, 1.807) is 24.2 Å². The Morgan fingerprint density at radius 1 is 1.77 bits per heavy atom. The van der Waals surface area contributed by atoms with Gasteiger partial charge < -0.3 is 10.8 Å². The molecule has 1 rings (SSSR count). The summed E-state index contributed by atoms with van der Waals surface area (Å²) in [5, 5.41) is 17.2. The first-order valence-corrected chi connectivity index (χ1v) is 5.82. The van der Waals surface area contributed by atoms with Crippen molar-refractivity contribution in [3.8, 4) is 0 Å². The van der Waals surface area contributed by atoms with Gasteiger partial charge in [-0.3, -0.25) is 0 Å². The lowest BCUT2D eigenvalue weighted by atomic mass is 10.1. The lowest BCUT2D eigenvalue weighted by Gasteiger charge is -2.19. The normalized spacial score (nSPS) is 15.6. The molecule has 0 aliphatic rings. The molecule has 1 aromatic rings. The van der Waals surface area contributed by atoms with Crippen molar-refractivity contribution >= 4 is 23.1 Å². The molecule has 0 fully saturated rings. The van der Waals surface area contributed by atoms with Gasteiger partial charge in [-0.15, -0.1) is 10.2 Å². The summed E-state index contributed by atoms with van der Waals surface area (Å²) < 4.78 is 0.938. The number of aromatic nitrogens is 2. The van der Waals surface area contributed by atoms with Gasteiger partial charge in [0.2, 0.25) is 0 Å². The first kappa shape index (κ1) is 10.9. The third-order valence-corrected chi connectivity index (χ3v) is 3.51. The minimum atomic E-state index is -0.752. The summed E-state index contributed by atoms with van der Waals surface area (Å²) >= 11 is 3.11. The SMILES string of the molecule is CC(O)(CN)CCSc1nncs1. The Bertz CT molecular complexity index is 238. The van der Waals surface area contributed by atoms with E-state index in [2.05, 4.69) is 10.2 Å². The molecule has 0 saturated carbocycles. The molecule has 4 nitrogen and oxygen atoms in total. The van der Waals surface area contributed by atoms with Crippen LogP contribution in [0.4, 0.5) is 0 Å². The molecule has 6 heteroatoms. The van der Waals surface area contributed by atoms with Crippen LogP contribution < -0.4 is 5.73 Å². The second-order valence-electron chi connectivity index (χ2n) is 3.00. The summed E-state index contributed by atoms with van der Waals surface area (Å²) in [6, 6.07) is 0. The quantitative estimate of drug-likeness (QED) is 0.714. The predicted octanol–water partition coefficient (Wildman–Crippen LogP) is 0.730. The molecule has 0 radical (unpaired) electrons. The van der Waals surface area contributed by atoms with Gasteiger partial charge in [0.05, 0.1) is 5.60 Å². The van der Waals surface area contributed by atoms with Crippen LogP contribution in [0.25, 0.3) is 0 Å². The molecule has 1 heterocycles. The molecule has 0 spiro atoms. The van der Waals surface area contributed by atoms with Crippen molar-refractivity contribution in [3.05, 3.63) is 5.51 Å². The monoisotopic (exact) mass is 219 g/mol. The van der Waals surface area contributed by atoms with Gasteiger partial charge in [0.15, 0.2) is 4.34 Å². The van der Waals surface area contributed by atoms with Crippen LogP contribution in [0.5, 0.6) is 0 Å². The van der Waals surface area contributed by atoms with Crippen LogP contribution in [0.2, 0.25) is 0 Å². The first-order chi connectivity index (χ1) is 6.14. The summed E-state index contributed by atoms with van der Waals surface area (Å²) in [5.41, 5.74) is 6.33. The zero-order valence-corrected chi connectivity index (χ0v) is 9.07. The number of nitrogens with zero attached hydrogens (tertiary/aromatic N) is 2. The highest BCUT2D eigenvalue weighted by Crippen LogP contribution is 2.22. The van der Waals surface area contributed by atoms with Crippen LogP contribution in [-0.2, 0) is 0 Å². The van der Waals surface area contributed by atoms with E-state index in [9.17, 15) is 5.11 Å². The second-order valence-corrected chi connectivity index (χ2v) is 5.18. The minimum absolute atomic E-state index is 0.295. The molecule has 1 atom stereocenters. The van der Waals surface area contributed by atoms with E-state index >= 15 is 0 Å². The zero-order valence-electron chi connectivity index (χ0n) is 7.43. The molecule has 1 aromatic heterocycles. The van der Waals surface area contributed by atoms with Gasteiger partial charge in [-0.1, -0.05) is 23.1 Å². The highest BCUT2D eigenvalue weighted by Gasteiger charge is 2.17. The Hall–Kier alpha value is -0.170. The van der Waals surface area contributed by atoms with Crippen molar-refractivity contribution in [3.63, 3.8) is 0 Å². The first-order valence-electron chi connectivity index (χ1n) is 3.95. The van der Waals surface area contributed by atoms with E-state index < -0.39 is 5.60 Å². The fourth-order valence-corrected chi connectivity index (χ4v) is 2.44. The molecule has 0 saturated heterocycles. The predicted molar refractivity (Wildman–Crippen MR) is 54.9 cm³/mol. The lowest BCUT2D eigenvalue weighted by molar-refractivity contribution is 0.0665. The third-order valence-electron chi connectivity index (χ3n) is 1.65. The lowest BCUT2D eigenvalue weighted by Crippen LogP contribution is -2.34. The zero-order chi connectivity index (χ0) is 9.73. The fourth-order valence-electron chi connectivity index (χ4n) is 0.686. The average Bonchev–Trinajstić information content (AvgIpc) is 2.57. The van der Waals surface area contributed by atoms with E-state index in [1.807, 2.05) is 0 Å². The topological polar surface area (TPSA) is 72.0 Å². The molecule has 3 N–H and O–H groups in total. The van der Waals surface area contributed by atoms with E-state index in [-0.39, 0.29) is 0 Å². The second kappa shape index (κ2) is 4.90. The van der Waals surface area contributed by atoms with Crippen molar-refractivity contribution in [1.29, 1.82) is 0 Å². The van der Waals surface area contributed by atoms with E-state index in [1.165, 1.54) is 11.3 Å². The van der Waals surface area contributed by atoms with Gasteiger partial charge in [-0.2, -0.15) is 0 Å². The van der Waals surface area contributed by atoms with Gasteiger partial charge in [0, 0.05) is 12.3 Å². The van der Waals surface area contributed by atoms with Gasteiger partial charge in [0.25, 0.3) is 0 Å². The highest BCUT2D eigenvalue weighted by atomic mass is 32.2. The number of hydrogen-bond donors (Lipinski definition) is 2. The Kier molecular flexibility index (Phi) is 4.11. The fraction of sp³-hybridized carbons (Fsp3) is 0.714. The Labute approximate surface area is 85.6 Å².